The minimum Gasteiger partial charge on any atom is -0.480 e. The molecule has 2 rings (SSSR count). The van der Waals surface area contributed by atoms with Crippen LogP contribution in [0.4, 0.5) is 0 Å². The molecule has 1 aliphatic carbocycles. The third-order valence-corrected chi connectivity index (χ3v) is 4.74. The van der Waals surface area contributed by atoms with E-state index in [0.29, 0.717) is 6.04 Å². The number of rotatable bonds is 5. The number of carboxylic acid groups (broad SMARTS) is 1. The Hall–Kier alpha value is -1.14. The quantitative estimate of drug-likeness (QED) is 0.778. The van der Waals surface area contributed by atoms with E-state index >= 15 is 0 Å². The first kappa shape index (κ1) is 16.2. The van der Waals surface area contributed by atoms with Crippen molar-refractivity contribution in [2.45, 2.75) is 57.0 Å². The highest BCUT2D eigenvalue weighted by atomic mass is 16.4. The molecule has 1 amide bonds. The topological polar surface area (TPSA) is 86.9 Å². The second-order valence-corrected chi connectivity index (χ2v) is 6.19. The number of piperazine rings is 1. The predicted molar refractivity (Wildman–Crippen MR) is 79.9 cm³/mol. The molecule has 2 aliphatic rings. The van der Waals surface area contributed by atoms with E-state index in [4.69, 9.17) is 10.8 Å². The molecule has 1 atom stereocenters. The number of carbonyl (C=O) groups is 2. The fourth-order valence-electron chi connectivity index (χ4n) is 3.34. The van der Waals surface area contributed by atoms with Gasteiger partial charge in [-0.25, -0.2) is 0 Å². The molecule has 0 bridgehead atoms. The van der Waals surface area contributed by atoms with E-state index in [1.807, 2.05) is 4.90 Å². The summed E-state index contributed by atoms with van der Waals surface area (Å²) in [7, 11) is 0. The van der Waals surface area contributed by atoms with Crippen LogP contribution in [0.15, 0.2) is 0 Å². The minimum absolute atomic E-state index is 0.0370. The van der Waals surface area contributed by atoms with Gasteiger partial charge in [-0.3, -0.25) is 14.5 Å². The highest BCUT2D eigenvalue weighted by molar-refractivity contribution is 5.78. The Morgan fingerprint density at radius 3 is 2.29 bits per heavy atom. The van der Waals surface area contributed by atoms with E-state index in [9.17, 15) is 9.59 Å². The van der Waals surface area contributed by atoms with Crippen LogP contribution in [0, 0.1) is 0 Å². The van der Waals surface area contributed by atoms with Gasteiger partial charge in [0.2, 0.25) is 5.91 Å². The summed E-state index contributed by atoms with van der Waals surface area (Å²) in [5.41, 5.74) is 5.44. The number of carbonyl (C=O) groups excluding carboxylic acids is 1. The zero-order valence-electron chi connectivity index (χ0n) is 12.7. The molecule has 1 aliphatic heterocycles. The van der Waals surface area contributed by atoms with Gasteiger partial charge in [-0.15, -0.1) is 0 Å². The van der Waals surface area contributed by atoms with Crippen molar-refractivity contribution in [2.24, 2.45) is 5.73 Å². The molecule has 0 aromatic carbocycles. The van der Waals surface area contributed by atoms with Crippen molar-refractivity contribution >= 4 is 11.9 Å². The molecular formula is C15H27N3O3. The van der Waals surface area contributed by atoms with Crippen molar-refractivity contribution in [1.82, 2.24) is 9.80 Å². The van der Waals surface area contributed by atoms with Crippen LogP contribution in [0.5, 0.6) is 0 Å². The van der Waals surface area contributed by atoms with Crippen LogP contribution in [-0.4, -0.2) is 65.0 Å². The van der Waals surface area contributed by atoms with Crippen molar-refractivity contribution in [3.63, 3.8) is 0 Å². The number of aliphatic carboxylic acids is 1. The highest BCUT2D eigenvalue weighted by Gasteiger charge is 2.27. The van der Waals surface area contributed by atoms with E-state index < -0.39 is 12.0 Å². The lowest BCUT2D eigenvalue weighted by atomic mass is 9.94. The van der Waals surface area contributed by atoms with Gasteiger partial charge < -0.3 is 15.7 Å². The maximum atomic E-state index is 12.1. The SMILES string of the molecule is N[C@@H](CCC(=O)N1CCN(C2CCCCC2)CC1)C(=O)O. The molecule has 1 saturated heterocycles. The molecule has 6 nitrogen and oxygen atoms in total. The Morgan fingerprint density at radius 2 is 1.71 bits per heavy atom. The number of amides is 1. The minimum atomic E-state index is -1.04. The van der Waals surface area contributed by atoms with Gasteiger partial charge in [0.25, 0.3) is 0 Å². The van der Waals surface area contributed by atoms with Gasteiger partial charge in [0.05, 0.1) is 0 Å². The van der Waals surface area contributed by atoms with Crippen LogP contribution in [-0.2, 0) is 9.59 Å². The normalized spacial score (nSPS) is 23.0. The maximum Gasteiger partial charge on any atom is 0.320 e. The van der Waals surface area contributed by atoms with E-state index in [0.717, 1.165) is 26.2 Å². The second-order valence-electron chi connectivity index (χ2n) is 6.19. The van der Waals surface area contributed by atoms with Gasteiger partial charge in [0.1, 0.15) is 6.04 Å². The predicted octanol–water partition coefficient (Wildman–Crippen LogP) is 0.655. The molecule has 0 aromatic heterocycles. The Kier molecular flexibility index (Phi) is 5.99. The Balaban J connectivity index is 1.70. The van der Waals surface area contributed by atoms with Crippen molar-refractivity contribution in [2.75, 3.05) is 26.2 Å². The summed E-state index contributed by atoms with van der Waals surface area (Å²) in [4.78, 5) is 27.1. The third-order valence-electron chi connectivity index (χ3n) is 4.74. The first-order valence-electron chi connectivity index (χ1n) is 8.08. The van der Waals surface area contributed by atoms with Gasteiger partial charge in [0, 0.05) is 38.6 Å². The van der Waals surface area contributed by atoms with Crippen LogP contribution in [0.25, 0.3) is 0 Å². The molecule has 2 fully saturated rings. The first-order chi connectivity index (χ1) is 10.1. The van der Waals surface area contributed by atoms with Gasteiger partial charge in [-0.1, -0.05) is 19.3 Å². The van der Waals surface area contributed by atoms with Crippen molar-refractivity contribution in [3.05, 3.63) is 0 Å². The summed E-state index contributed by atoms with van der Waals surface area (Å²) in [6.45, 7) is 3.41. The second kappa shape index (κ2) is 7.75. The third kappa shape index (κ3) is 4.68. The maximum absolute atomic E-state index is 12.1. The molecule has 1 saturated carbocycles. The molecule has 6 heteroatoms. The Morgan fingerprint density at radius 1 is 1.10 bits per heavy atom. The van der Waals surface area contributed by atoms with E-state index in [1.54, 1.807) is 0 Å². The summed E-state index contributed by atoms with van der Waals surface area (Å²) in [5, 5.41) is 8.73. The van der Waals surface area contributed by atoms with E-state index in [-0.39, 0.29) is 18.7 Å². The first-order valence-corrected chi connectivity index (χ1v) is 8.08. The number of hydrogen-bond donors (Lipinski definition) is 2. The Bertz CT molecular complexity index is 361. The standard InChI is InChI=1S/C15H27N3O3/c16-13(15(20)21)6-7-14(19)18-10-8-17(9-11-18)12-4-2-1-3-5-12/h12-13H,1-11,16H2,(H,20,21)/t13-/m0/s1. The summed E-state index contributed by atoms with van der Waals surface area (Å²) < 4.78 is 0. The van der Waals surface area contributed by atoms with Crippen LogP contribution < -0.4 is 5.73 Å². The van der Waals surface area contributed by atoms with Gasteiger partial charge >= 0.3 is 5.97 Å². The van der Waals surface area contributed by atoms with Crippen molar-refractivity contribution in [1.29, 1.82) is 0 Å². The zero-order valence-corrected chi connectivity index (χ0v) is 12.7. The number of nitrogens with zero attached hydrogens (tertiary/aromatic N) is 2. The highest BCUT2D eigenvalue weighted by Crippen LogP contribution is 2.23. The summed E-state index contributed by atoms with van der Waals surface area (Å²) >= 11 is 0. The van der Waals surface area contributed by atoms with Crippen molar-refractivity contribution < 1.29 is 14.7 Å². The number of hydrogen-bond acceptors (Lipinski definition) is 4. The lowest BCUT2D eigenvalue weighted by Gasteiger charge is -2.40. The molecular weight excluding hydrogens is 270 g/mol. The molecule has 21 heavy (non-hydrogen) atoms. The molecule has 0 radical (unpaired) electrons. The average molecular weight is 297 g/mol. The summed E-state index contributed by atoms with van der Waals surface area (Å²) in [6, 6.07) is -0.228. The summed E-state index contributed by atoms with van der Waals surface area (Å²) in [5.74, 6) is -1.00. The molecule has 3 N–H and O–H groups in total. The summed E-state index contributed by atoms with van der Waals surface area (Å²) in [6.07, 6.45) is 7.06. The van der Waals surface area contributed by atoms with E-state index in [1.165, 1.54) is 32.1 Å². The van der Waals surface area contributed by atoms with Crippen LogP contribution in [0.2, 0.25) is 0 Å². The smallest absolute Gasteiger partial charge is 0.320 e. The van der Waals surface area contributed by atoms with Crippen LogP contribution >= 0.6 is 0 Å². The lowest BCUT2D eigenvalue weighted by molar-refractivity contribution is -0.139. The monoisotopic (exact) mass is 297 g/mol. The average Bonchev–Trinajstić information content (AvgIpc) is 2.53. The Labute approximate surface area is 126 Å². The van der Waals surface area contributed by atoms with Crippen LogP contribution in [0.3, 0.4) is 0 Å². The van der Waals surface area contributed by atoms with Gasteiger partial charge in [-0.05, 0) is 19.3 Å². The van der Waals surface area contributed by atoms with E-state index in [2.05, 4.69) is 4.90 Å². The molecule has 0 spiro atoms. The van der Waals surface area contributed by atoms with Gasteiger partial charge in [0.15, 0.2) is 0 Å². The molecule has 1 heterocycles. The van der Waals surface area contributed by atoms with Crippen molar-refractivity contribution in [3.8, 4) is 0 Å². The molecule has 0 aromatic rings. The van der Waals surface area contributed by atoms with Gasteiger partial charge in [-0.2, -0.15) is 0 Å². The molecule has 0 unspecified atom stereocenters. The zero-order chi connectivity index (χ0) is 15.2. The molecule has 120 valence electrons. The number of carboxylic acids is 1. The lowest BCUT2D eigenvalue weighted by Crippen LogP contribution is -2.52. The largest absolute Gasteiger partial charge is 0.480 e. The fraction of sp³-hybridized carbons (Fsp3) is 0.867. The van der Waals surface area contributed by atoms with Crippen LogP contribution in [0.1, 0.15) is 44.9 Å². The number of nitrogens with two attached hydrogens (primary N) is 1. The fourth-order valence-corrected chi connectivity index (χ4v) is 3.34.